The highest BCUT2D eigenvalue weighted by atomic mass is 16.5. The van der Waals surface area contributed by atoms with Crippen molar-refractivity contribution in [3.8, 4) is 5.75 Å². The lowest BCUT2D eigenvalue weighted by Gasteiger charge is -2.23. The summed E-state index contributed by atoms with van der Waals surface area (Å²) in [6, 6.07) is 5.88. The van der Waals surface area contributed by atoms with Crippen molar-refractivity contribution in [3.63, 3.8) is 0 Å². The van der Waals surface area contributed by atoms with E-state index in [0.717, 1.165) is 37.9 Å². The second-order valence-corrected chi connectivity index (χ2v) is 7.02. The molecule has 138 valence electrons. The van der Waals surface area contributed by atoms with E-state index in [1.807, 2.05) is 18.2 Å². The van der Waals surface area contributed by atoms with Gasteiger partial charge in [0, 0.05) is 12.5 Å². The molecule has 0 aromatic heterocycles. The van der Waals surface area contributed by atoms with Crippen molar-refractivity contribution in [2.45, 2.75) is 64.8 Å². The molecule has 1 aromatic rings. The van der Waals surface area contributed by atoms with Gasteiger partial charge < -0.3 is 15.8 Å². The smallest absolute Gasteiger partial charge is 0.222 e. The number of hydrogen-bond acceptors (Lipinski definition) is 3. The molecule has 2 atom stereocenters. The Morgan fingerprint density at radius 3 is 2.64 bits per heavy atom. The molecule has 1 aliphatic rings. The minimum absolute atomic E-state index is 0.0261. The maximum atomic E-state index is 12.2. The molecule has 0 aliphatic heterocycles. The van der Waals surface area contributed by atoms with E-state index in [-0.39, 0.29) is 23.8 Å². The van der Waals surface area contributed by atoms with Gasteiger partial charge in [-0.2, -0.15) is 0 Å². The number of primary amides is 1. The van der Waals surface area contributed by atoms with Gasteiger partial charge in [-0.1, -0.05) is 25.3 Å². The number of aryl methyl sites for hydroxylation is 2. The minimum atomic E-state index is -0.301. The van der Waals surface area contributed by atoms with Crippen molar-refractivity contribution in [3.05, 3.63) is 29.3 Å². The van der Waals surface area contributed by atoms with E-state index in [1.165, 1.54) is 11.1 Å². The molecule has 0 saturated heterocycles. The summed E-state index contributed by atoms with van der Waals surface area (Å²) in [6.45, 7) is 4.62. The third-order valence-corrected chi connectivity index (χ3v) is 5.02. The molecule has 0 spiro atoms. The van der Waals surface area contributed by atoms with Crippen LogP contribution in [0.4, 0.5) is 0 Å². The first kappa shape index (κ1) is 19.3. The van der Waals surface area contributed by atoms with Gasteiger partial charge in [0.15, 0.2) is 0 Å². The highest BCUT2D eigenvalue weighted by molar-refractivity contribution is 5.80. The lowest BCUT2D eigenvalue weighted by molar-refractivity contribution is -0.125. The van der Waals surface area contributed by atoms with E-state index in [2.05, 4.69) is 19.2 Å². The fraction of sp³-hybridized carbons (Fsp3) is 0.600. The second-order valence-electron chi connectivity index (χ2n) is 7.02. The predicted octanol–water partition coefficient (Wildman–Crippen LogP) is 3.01. The molecule has 1 fully saturated rings. The average Bonchev–Trinajstić information content (AvgIpc) is 2.80. The Hall–Kier alpha value is -2.04. The number of rotatable bonds is 7. The number of amides is 2. The van der Waals surface area contributed by atoms with Gasteiger partial charge in [-0.15, -0.1) is 0 Å². The summed E-state index contributed by atoms with van der Waals surface area (Å²) in [4.78, 5) is 23.8. The number of hydrogen-bond donors (Lipinski definition) is 2. The molecule has 0 heterocycles. The minimum Gasteiger partial charge on any atom is -0.494 e. The van der Waals surface area contributed by atoms with Crippen LogP contribution < -0.4 is 15.8 Å². The van der Waals surface area contributed by atoms with Crippen LogP contribution in [0, 0.1) is 19.8 Å². The van der Waals surface area contributed by atoms with E-state index in [9.17, 15) is 9.59 Å². The van der Waals surface area contributed by atoms with Gasteiger partial charge >= 0.3 is 0 Å². The molecule has 2 rings (SSSR count). The van der Waals surface area contributed by atoms with Gasteiger partial charge in [-0.3, -0.25) is 9.59 Å². The first-order valence-electron chi connectivity index (χ1n) is 9.26. The van der Waals surface area contributed by atoms with E-state index in [4.69, 9.17) is 10.5 Å². The fourth-order valence-electron chi connectivity index (χ4n) is 3.33. The first-order valence-corrected chi connectivity index (χ1v) is 9.26. The van der Waals surface area contributed by atoms with E-state index >= 15 is 0 Å². The summed E-state index contributed by atoms with van der Waals surface area (Å²) in [5.41, 5.74) is 7.93. The number of benzene rings is 1. The number of ether oxygens (including phenoxy) is 1. The fourth-order valence-corrected chi connectivity index (χ4v) is 3.33. The zero-order valence-corrected chi connectivity index (χ0v) is 15.3. The molecule has 1 aliphatic carbocycles. The largest absolute Gasteiger partial charge is 0.494 e. The second kappa shape index (κ2) is 9.44. The number of nitrogens with two attached hydrogens (primary N) is 1. The number of carbonyl (C=O) groups is 2. The van der Waals surface area contributed by atoms with Crippen molar-refractivity contribution in [2.24, 2.45) is 11.7 Å². The van der Waals surface area contributed by atoms with Crippen LogP contribution in [-0.2, 0) is 9.59 Å². The topological polar surface area (TPSA) is 81.4 Å². The van der Waals surface area contributed by atoms with E-state index < -0.39 is 0 Å². The Morgan fingerprint density at radius 1 is 1.16 bits per heavy atom. The molecular formula is C20H30N2O3. The zero-order chi connectivity index (χ0) is 18.2. The molecule has 5 heteroatoms. The molecule has 25 heavy (non-hydrogen) atoms. The molecule has 1 aromatic carbocycles. The van der Waals surface area contributed by atoms with Crippen molar-refractivity contribution in [1.82, 2.24) is 5.32 Å². The maximum absolute atomic E-state index is 12.2. The molecule has 5 nitrogen and oxygen atoms in total. The lowest BCUT2D eigenvalue weighted by Crippen LogP contribution is -2.44. The first-order chi connectivity index (χ1) is 12.0. The van der Waals surface area contributed by atoms with Crippen molar-refractivity contribution in [2.75, 3.05) is 6.61 Å². The Morgan fingerprint density at radius 2 is 1.92 bits per heavy atom. The molecule has 0 bridgehead atoms. The van der Waals surface area contributed by atoms with Gasteiger partial charge in [0.2, 0.25) is 11.8 Å². The number of nitrogens with one attached hydrogen (secondary N) is 1. The van der Waals surface area contributed by atoms with Crippen LogP contribution in [0.25, 0.3) is 0 Å². The van der Waals surface area contributed by atoms with E-state index in [0.29, 0.717) is 19.4 Å². The summed E-state index contributed by atoms with van der Waals surface area (Å²) in [6.07, 6.45) is 5.78. The highest BCUT2D eigenvalue weighted by Gasteiger charge is 2.28. The predicted molar refractivity (Wildman–Crippen MR) is 98.3 cm³/mol. The van der Waals surface area contributed by atoms with E-state index in [1.54, 1.807) is 0 Å². The normalized spacial score (nSPS) is 20.6. The molecule has 2 unspecified atom stereocenters. The standard InChI is InChI=1S/C20H30N2O3/c1-14-10-11-16(13-15(14)2)25-12-6-9-19(23)22-18-8-5-3-4-7-17(18)20(21)24/h10-11,13,17-18H,3-9,12H2,1-2H3,(H2,21,24)(H,22,23). The molecule has 2 amide bonds. The van der Waals surface area contributed by atoms with Crippen LogP contribution in [0.3, 0.4) is 0 Å². The summed E-state index contributed by atoms with van der Waals surface area (Å²) in [7, 11) is 0. The van der Waals surface area contributed by atoms with Crippen LogP contribution in [0.5, 0.6) is 5.75 Å². The zero-order valence-electron chi connectivity index (χ0n) is 15.3. The Balaban J connectivity index is 1.74. The third-order valence-electron chi connectivity index (χ3n) is 5.02. The van der Waals surface area contributed by atoms with Crippen molar-refractivity contribution in [1.29, 1.82) is 0 Å². The van der Waals surface area contributed by atoms with Gasteiger partial charge in [-0.25, -0.2) is 0 Å². The Bertz CT molecular complexity index is 601. The summed E-state index contributed by atoms with van der Waals surface area (Å²) in [5.74, 6) is 0.270. The third kappa shape index (κ3) is 6.07. The highest BCUT2D eigenvalue weighted by Crippen LogP contribution is 2.23. The van der Waals surface area contributed by atoms with Crippen molar-refractivity contribution >= 4 is 11.8 Å². The van der Waals surface area contributed by atoms with Crippen LogP contribution in [0.2, 0.25) is 0 Å². The lowest BCUT2D eigenvalue weighted by atomic mass is 9.94. The van der Waals surface area contributed by atoms with Gasteiger partial charge in [0.1, 0.15) is 5.75 Å². The van der Waals surface area contributed by atoms with Crippen molar-refractivity contribution < 1.29 is 14.3 Å². The number of carbonyl (C=O) groups excluding carboxylic acids is 2. The molecule has 1 saturated carbocycles. The van der Waals surface area contributed by atoms with Crippen LogP contribution >= 0.6 is 0 Å². The van der Waals surface area contributed by atoms with Crippen LogP contribution in [0.1, 0.15) is 56.1 Å². The molecule has 3 N–H and O–H groups in total. The van der Waals surface area contributed by atoms with Gasteiger partial charge in [0.25, 0.3) is 0 Å². The summed E-state index contributed by atoms with van der Waals surface area (Å²) < 4.78 is 5.71. The quantitative estimate of drug-likeness (QED) is 0.588. The maximum Gasteiger partial charge on any atom is 0.222 e. The monoisotopic (exact) mass is 346 g/mol. The Labute approximate surface area is 150 Å². The van der Waals surface area contributed by atoms with Gasteiger partial charge in [-0.05, 0) is 56.4 Å². The van der Waals surface area contributed by atoms with Crippen LogP contribution in [0.15, 0.2) is 18.2 Å². The summed E-state index contributed by atoms with van der Waals surface area (Å²) >= 11 is 0. The average molecular weight is 346 g/mol. The van der Waals surface area contributed by atoms with Crippen LogP contribution in [-0.4, -0.2) is 24.5 Å². The Kier molecular flexibility index (Phi) is 7.29. The van der Waals surface area contributed by atoms with Gasteiger partial charge in [0.05, 0.1) is 12.5 Å². The molecular weight excluding hydrogens is 316 g/mol. The SMILES string of the molecule is Cc1ccc(OCCCC(=O)NC2CCCCCC2C(N)=O)cc1C. The molecule has 0 radical (unpaired) electrons. The summed E-state index contributed by atoms with van der Waals surface area (Å²) in [5, 5.41) is 3.01.